The fourth-order valence-corrected chi connectivity index (χ4v) is 2.90. The van der Waals surface area contributed by atoms with Crippen molar-refractivity contribution in [1.82, 2.24) is 5.32 Å². The number of carbonyl (C=O) groups excluding carboxylic acids is 2. The van der Waals surface area contributed by atoms with Gasteiger partial charge in [-0.3, -0.25) is 4.79 Å². The molecule has 2 aromatic carbocycles. The molecule has 29 heavy (non-hydrogen) atoms. The lowest BCUT2D eigenvalue weighted by Crippen LogP contribution is -2.30. The standard InChI is InChI=1S/C21H22ClN3O4/c1-28-18-12-13(11-17(22)20(18)29-2)3-10-19(26)23-14-4-6-15(7-5-14)24-21(27)25-16-8-9-16/h3-7,10-12,16H,8-9H2,1-2H3,(H,23,26)(H2,24,25,27)/b10-3+. The summed E-state index contributed by atoms with van der Waals surface area (Å²) in [5.74, 6) is 0.618. The van der Waals surface area contributed by atoms with Crippen molar-refractivity contribution in [2.24, 2.45) is 0 Å². The first kappa shape index (κ1) is 20.5. The summed E-state index contributed by atoms with van der Waals surface area (Å²) in [6, 6.07) is 10.3. The van der Waals surface area contributed by atoms with E-state index in [1.165, 1.54) is 20.3 Å². The van der Waals surface area contributed by atoms with Crippen molar-refractivity contribution in [2.45, 2.75) is 18.9 Å². The SMILES string of the molecule is COc1cc(/C=C/C(=O)Nc2ccc(NC(=O)NC3CC3)cc2)cc(Cl)c1OC. The summed E-state index contributed by atoms with van der Waals surface area (Å²) in [6.45, 7) is 0. The summed E-state index contributed by atoms with van der Waals surface area (Å²) in [7, 11) is 3.02. The molecular weight excluding hydrogens is 394 g/mol. The van der Waals surface area contributed by atoms with Gasteiger partial charge in [-0.15, -0.1) is 0 Å². The normalized spacial score (nSPS) is 13.1. The van der Waals surface area contributed by atoms with Crippen LogP contribution in [0.15, 0.2) is 42.5 Å². The molecule has 0 aliphatic heterocycles. The number of amides is 3. The summed E-state index contributed by atoms with van der Waals surface area (Å²) in [5.41, 5.74) is 1.96. The van der Waals surface area contributed by atoms with Gasteiger partial charge in [0.05, 0.1) is 19.2 Å². The summed E-state index contributed by atoms with van der Waals surface area (Å²) in [6.07, 6.45) is 5.08. The van der Waals surface area contributed by atoms with Crippen LogP contribution >= 0.6 is 11.6 Å². The number of ether oxygens (including phenoxy) is 2. The molecule has 0 bridgehead atoms. The van der Waals surface area contributed by atoms with Gasteiger partial charge in [-0.1, -0.05) is 11.6 Å². The molecule has 3 N–H and O–H groups in total. The average Bonchev–Trinajstić information content (AvgIpc) is 3.51. The number of hydrogen-bond acceptors (Lipinski definition) is 4. The number of methoxy groups -OCH3 is 2. The van der Waals surface area contributed by atoms with Gasteiger partial charge in [0.2, 0.25) is 5.91 Å². The van der Waals surface area contributed by atoms with Gasteiger partial charge in [-0.2, -0.15) is 0 Å². The lowest BCUT2D eigenvalue weighted by molar-refractivity contribution is -0.111. The minimum Gasteiger partial charge on any atom is -0.493 e. The van der Waals surface area contributed by atoms with Crippen LogP contribution < -0.4 is 25.4 Å². The Morgan fingerprint density at radius 1 is 1.03 bits per heavy atom. The first-order valence-corrected chi connectivity index (χ1v) is 9.44. The van der Waals surface area contributed by atoms with E-state index >= 15 is 0 Å². The second-order valence-electron chi connectivity index (χ2n) is 6.51. The molecule has 1 fully saturated rings. The number of halogens is 1. The Balaban J connectivity index is 1.57. The van der Waals surface area contributed by atoms with Crippen molar-refractivity contribution >= 4 is 41.0 Å². The van der Waals surface area contributed by atoms with Gasteiger partial charge in [0.1, 0.15) is 0 Å². The van der Waals surface area contributed by atoms with E-state index in [2.05, 4.69) is 16.0 Å². The quantitative estimate of drug-likeness (QED) is 0.588. The van der Waals surface area contributed by atoms with Crippen molar-refractivity contribution in [3.05, 3.63) is 53.1 Å². The van der Waals surface area contributed by atoms with E-state index in [1.807, 2.05) is 0 Å². The van der Waals surface area contributed by atoms with E-state index in [4.69, 9.17) is 21.1 Å². The average molecular weight is 416 g/mol. The number of benzene rings is 2. The van der Waals surface area contributed by atoms with Gasteiger partial charge in [-0.25, -0.2) is 4.79 Å². The maximum Gasteiger partial charge on any atom is 0.319 e. The number of carbonyl (C=O) groups is 2. The summed E-state index contributed by atoms with van der Waals surface area (Å²) in [5, 5.41) is 8.75. The van der Waals surface area contributed by atoms with Gasteiger partial charge in [0.15, 0.2) is 11.5 Å². The maximum absolute atomic E-state index is 12.2. The predicted molar refractivity (Wildman–Crippen MR) is 114 cm³/mol. The third-order valence-electron chi connectivity index (χ3n) is 4.21. The van der Waals surface area contributed by atoms with E-state index < -0.39 is 0 Å². The molecular formula is C21H22ClN3O4. The number of anilines is 2. The van der Waals surface area contributed by atoms with E-state index in [0.717, 1.165) is 12.8 Å². The van der Waals surface area contributed by atoms with Crippen LogP contribution in [0.1, 0.15) is 18.4 Å². The number of hydrogen-bond donors (Lipinski definition) is 3. The number of urea groups is 1. The highest BCUT2D eigenvalue weighted by molar-refractivity contribution is 6.32. The smallest absolute Gasteiger partial charge is 0.319 e. The Kier molecular flexibility index (Phi) is 6.61. The zero-order valence-electron chi connectivity index (χ0n) is 16.1. The Hall–Kier alpha value is -3.19. The minimum absolute atomic E-state index is 0.221. The highest BCUT2D eigenvalue weighted by atomic mass is 35.5. The molecule has 0 atom stereocenters. The molecule has 2 aromatic rings. The van der Waals surface area contributed by atoms with Crippen LogP contribution in [0.5, 0.6) is 11.5 Å². The molecule has 1 aliphatic rings. The van der Waals surface area contributed by atoms with Crippen LogP contribution in [0.4, 0.5) is 16.2 Å². The highest BCUT2D eigenvalue weighted by Crippen LogP contribution is 2.36. The van der Waals surface area contributed by atoms with Crippen LogP contribution in [0.2, 0.25) is 5.02 Å². The van der Waals surface area contributed by atoms with E-state index in [0.29, 0.717) is 39.5 Å². The first-order chi connectivity index (χ1) is 14.0. The summed E-state index contributed by atoms with van der Waals surface area (Å²) >= 11 is 6.17. The number of nitrogens with one attached hydrogen (secondary N) is 3. The zero-order valence-corrected chi connectivity index (χ0v) is 16.9. The maximum atomic E-state index is 12.2. The first-order valence-electron chi connectivity index (χ1n) is 9.06. The van der Waals surface area contributed by atoms with Gasteiger partial charge in [-0.05, 0) is 60.9 Å². The van der Waals surface area contributed by atoms with Crippen LogP contribution in [-0.2, 0) is 4.79 Å². The Bertz CT molecular complexity index is 924. The topological polar surface area (TPSA) is 88.7 Å². The second kappa shape index (κ2) is 9.34. The molecule has 3 amide bonds. The third kappa shape index (κ3) is 5.89. The molecule has 0 heterocycles. The summed E-state index contributed by atoms with van der Waals surface area (Å²) < 4.78 is 10.4. The van der Waals surface area contributed by atoms with Gasteiger partial charge >= 0.3 is 6.03 Å². The van der Waals surface area contributed by atoms with Crippen molar-refractivity contribution in [1.29, 1.82) is 0 Å². The molecule has 0 spiro atoms. The van der Waals surface area contributed by atoms with Crippen LogP contribution in [0, 0.1) is 0 Å². The van der Waals surface area contributed by atoms with Crippen molar-refractivity contribution < 1.29 is 19.1 Å². The van der Waals surface area contributed by atoms with Crippen LogP contribution in [-0.4, -0.2) is 32.2 Å². The molecule has 0 aromatic heterocycles. The predicted octanol–water partition coefficient (Wildman–Crippen LogP) is 4.29. The minimum atomic E-state index is -0.303. The van der Waals surface area contributed by atoms with Crippen LogP contribution in [0.25, 0.3) is 6.08 Å². The molecule has 1 aliphatic carbocycles. The van der Waals surface area contributed by atoms with Gasteiger partial charge in [0, 0.05) is 23.5 Å². The third-order valence-corrected chi connectivity index (χ3v) is 4.49. The summed E-state index contributed by atoms with van der Waals surface area (Å²) in [4.78, 5) is 23.9. The van der Waals surface area contributed by atoms with Crippen molar-refractivity contribution in [2.75, 3.05) is 24.9 Å². The lowest BCUT2D eigenvalue weighted by atomic mass is 10.2. The molecule has 1 saturated carbocycles. The highest BCUT2D eigenvalue weighted by Gasteiger charge is 2.23. The molecule has 0 saturated heterocycles. The second-order valence-corrected chi connectivity index (χ2v) is 6.92. The largest absolute Gasteiger partial charge is 0.493 e. The number of rotatable bonds is 7. The Morgan fingerprint density at radius 2 is 1.69 bits per heavy atom. The fraction of sp³-hybridized carbons (Fsp3) is 0.238. The van der Waals surface area contributed by atoms with Crippen LogP contribution in [0.3, 0.4) is 0 Å². The lowest BCUT2D eigenvalue weighted by Gasteiger charge is -2.10. The molecule has 3 rings (SSSR count). The van der Waals surface area contributed by atoms with E-state index in [9.17, 15) is 9.59 Å². The molecule has 8 heteroatoms. The monoisotopic (exact) mass is 415 g/mol. The fourth-order valence-electron chi connectivity index (χ4n) is 2.61. The van der Waals surface area contributed by atoms with Gasteiger partial charge < -0.3 is 25.4 Å². The molecule has 0 unspecified atom stereocenters. The Labute approximate surface area is 174 Å². The van der Waals surface area contributed by atoms with Crippen molar-refractivity contribution in [3.8, 4) is 11.5 Å². The van der Waals surface area contributed by atoms with Crippen molar-refractivity contribution in [3.63, 3.8) is 0 Å². The Morgan fingerprint density at radius 3 is 2.28 bits per heavy atom. The van der Waals surface area contributed by atoms with E-state index in [-0.39, 0.29) is 11.9 Å². The molecule has 7 nitrogen and oxygen atoms in total. The zero-order chi connectivity index (χ0) is 20.8. The van der Waals surface area contributed by atoms with E-state index in [1.54, 1.807) is 42.5 Å². The molecule has 152 valence electrons. The van der Waals surface area contributed by atoms with Gasteiger partial charge in [0.25, 0.3) is 0 Å². The molecule has 0 radical (unpaired) electrons.